The van der Waals surface area contributed by atoms with Crippen molar-refractivity contribution in [2.45, 2.75) is 24.0 Å². The molecular formula is C20H25ClN3O3S2+. The molecule has 0 saturated carbocycles. The number of thioether (sulfide) groups is 1. The van der Waals surface area contributed by atoms with Gasteiger partial charge in [-0.15, -0.1) is 0 Å². The molecule has 0 amide bonds. The third-order valence-corrected chi connectivity index (χ3v) is 8.56. The Labute approximate surface area is 181 Å². The van der Waals surface area contributed by atoms with Gasteiger partial charge in [0.2, 0.25) is 5.72 Å². The number of nitrogens with zero attached hydrogens (tertiary/aromatic N) is 3. The van der Waals surface area contributed by atoms with E-state index in [1.807, 2.05) is 18.2 Å². The summed E-state index contributed by atoms with van der Waals surface area (Å²) in [7, 11) is -2.73. The Balaban J connectivity index is 2.01. The highest BCUT2D eigenvalue weighted by atomic mass is 35.5. The summed E-state index contributed by atoms with van der Waals surface area (Å²) in [6.07, 6.45) is 0.820. The van der Waals surface area contributed by atoms with Gasteiger partial charge in [0.1, 0.15) is 10.8 Å². The first kappa shape index (κ1) is 22.2. The first-order valence-electron chi connectivity index (χ1n) is 9.34. The third-order valence-electron chi connectivity index (χ3n) is 5.56. The minimum absolute atomic E-state index is 0.0642. The topological polar surface area (TPSA) is 79.1 Å². The Bertz CT molecular complexity index is 1000. The average molecular weight is 455 g/mol. The van der Waals surface area contributed by atoms with Gasteiger partial charge in [-0.25, -0.2) is 0 Å². The quantitative estimate of drug-likeness (QED) is 0.505. The minimum Gasteiger partial charge on any atom is -0.338 e. The van der Waals surface area contributed by atoms with Crippen molar-refractivity contribution in [3.05, 3.63) is 64.7 Å². The van der Waals surface area contributed by atoms with Crippen molar-refractivity contribution >= 4 is 33.4 Å². The lowest BCUT2D eigenvalue weighted by molar-refractivity contribution is -0.988. The molecule has 1 aliphatic rings. The van der Waals surface area contributed by atoms with Gasteiger partial charge in [-0.2, -0.15) is 13.5 Å². The van der Waals surface area contributed by atoms with Crippen LogP contribution in [0.5, 0.6) is 0 Å². The maximum atomic E-state index is 12.4. The minimum atomic E-state index is -4.02. The zero-order chi connectivity index (χ0) is 21.1. The zero-order valence-electron chi connectivity index (χ0n) is 16.5. The van der Waals surface area contributed by atoms with Gasteiger partial charge >= 0.3 is 10.0 Å². The number of halogens is 1. The summed E-state index contributed by atoms with van der Waals surface area (Å²) in [5.41, 5.74) is 0.527. The van der Waals surface area contributed by atoms with E-state index in [4.69, 9.17) is 11.6 Å². The van der Waals surface area contributed by atoms with Gasteiger partial charge in [0.15, 0.2) is 0 Å². The normalized spacial score (nSPS) is 25.0. The van der Waals surface area contributed by atoms with Gasteiger partial charge < -0.3 is 5.11 Å². The molecule has 156 valence electrons. The highest BCUT2D eigenvalue weighted by Gasteiger charge is 2.55. The first-order chi connectivity index (χ1) is 13.8. The SMILES string of the molecule is CC[N+]1(CCc2ccccc2)CSCC1(O)c1ccc(Cl)c(S(=O)(=O)N=NC)c1. The second kappa shape index (κ2) is 8.73. The molecule has 0 spiro atoms. The van der Waals surface area contributed by atoms with Crippen molar-refractivity contribution in [2.75, 3.05) is 31.8 Å². The molecule has 1 fully saturated rings. The van der Waals surface area contributed by atoms with Crippen LogP contribution in [0, 0.1) is 0 Å². The molecule has 29 heavy (non-hydrogen) atoms. The Morgan fingerprint density at radius 2 is 1.97 bits per heavy atom. The summed E-state index contributed by atoms with van der Waals surface area (Å²) >= 11 is 7.81. The van der Waals surface area contributed by atoms with Crippen molar-refractivity contribution in [2.24, 2.45) is 9.63 Å². The van der Waals surface area contributed by atoms with Crippen molar-refractivity contribution in [3.8, 4) is 0 Å². The molecule has 1 aliphatic heterocycles. The van der Waals surface area contributed by atoms with Crippen molar-refractivity contribution in [1.82, 2.24) is 0 Å². The maximum absolute atomic E-state index is 12.4. The summed E-state index contributed by atoms with van der Waals surface area (Å²) in [5, 5.41) is 15.3. The van der Waals surface area contributed by atoms with E-state index in [9.17, 15) is 13.5 Å². The van der Waals surface area contributed by atoms with Crippen molar-refractivity contribution < 1.29 is 18.0 Å². The van der Waals surface area contributed by atoms with Crippen LogP contribution in [0.2, 0.25) is 5.02 Å². The number of rotatable bonds is 7. The van der Waals surface area contributed by atoms with Crippen LogP contribution in [-0.4, -0.2) is 49.8 Å². The fourth-order valence-electron chi connectivity index (χ4n) is 3.81. The Kier molecular flexibility index (Phi) is 6.70. The molecule has 2 aromatic carbocycles. The van der Waals surface area contributed by atoms with E-state index in [1.165, 1.54) is 24.7 Å². The highest BCUT2D eigenvalue weighted by Crippen LogP contribution is 2.45. The van der Waals surface area contributed by atoms with E-state index in [2.05, 4.69) is 28.7 Å². The summed E-state index contributed by atoms with van der Waals surface area (Å²) in [5.74, 6) is 1.23. The van der Waals surface area contributed by atoms with E-state index in [0.29, 0.717) is 15.8 Å². The number of hydrogen-bond acceptors (Lipinski definition) is 5. The molecule has 0 aromatic heterocycles. The fourth-order valence-corrected chi connectivity index (χ4v) is 6.81. The summed E-state index contributed by atoms with van der Waals surface area (Å²) in [6.45, 7) is 3.51. The number of sulfonamides is 1. The molecule has 0 aliphatic carbocycles. The molecule has 1 heterocycles. The van der Waals surface area contributed by atoms with Crippen LogP contribution >= 0.6 is 23.4 Å². The van der Waals surface area contributed by atoms with Crippen molar-refractivity contribution in [1.29, 1.82) is 0 Å². The first-order valence-corrected chi connectivity index (χ1v) is 12.3. The average Bonchev–Trinajstić information content (AvgIpc) is 3.05. The van der Waals surface area contributed by atoms with Gasteiger partial charge in [0, 0.05) is 19.0 Å². The van der Waals surface area contributed by atoms with Crippen LogP contribution < -0.4 is 0 Å². The lowest BCUT2D eigenvalue weighted by Crippen LogP contribution is -2.60. The predicted octanol–water partition coefficient (Wildman–Crippen LogP) is 4.04. The van der Waals surface area contributed by atoms with Gasteiger partial charge in [-0.3, -0.25) is 4.48 Å². The lowest BCUT2D eigenvalue weighted by atomic mass is 9.99. The molecule has 9 heteroatoms. The van der Waals surface area contributed by atoms with Crippen LogP contribution in [0.3, 0.4) is 0 Å². The smallest absolute Gasteiger partial charge is 0.300 e. The Hall–Kier alpha value is -1.45. The molecule has 0 bridgehead atoms. The maximum Gasteiger partial charge on any atom is 0.300 e. The van der Waals surface area contributed by atoms with Crippen LogP contribution in [0.15, 0.2) is 63.1 Å². The van der Waals surface area contributed by atoms with Crippen LogP contribution in [0.1, 0.15) is 18.1 Å². The lowest BCUT2D eigenvalue weighted by Gasteiger charge is -2.44. The van der Waals surface area contributed by atoms with E-state index < -0.39 is 15.7 Å². The molecule has 2 aromatic rings. The van der Waals surface area contributed by atoms with Gasteiger partial charge in [-0.1, -0.05) is 58.2 Å². The molecular weight excluding hydrogens is 430 g/mol. The van der Waals surface area contributed by atoms with E-state index >= 15 is 0 Å². The molecule has 3 rings (SSSR count). The largest absolute Gasteiger partial charge is 0.338 e. The summed E-state index contributed by atoms with van der Waals surface area (Å²) in [6, 6.07) is 14.8. The Morgan fingerprint density at radius 1 is 1.24 bits per heavy atom. The van der Waals surface area contributed by atoms with Gasteiger partial charge in [0.05, 0.1) is 23.9 Å². The van der Waals surface area contributed by atoms with Gasteiger partial charge in [0.25, 0.3) is 0 Å². The number of likely N-dealkylation sites (N-methyl/N-ethyl adjacent to an activating group) is 1. The number of quaternary nitrogens is 1. The second-order valence-corrected chi connectivity index (χ2v) is 10.0. The number of benzene rings is 2. The number of aliphatic hydroxyl groups is 1. The van der Waals surface area contributed by atoms with Crippen LogP contribution in [0.4, 0.5) is 0 Å². The second-order valence-electron chi connectivity index (χ2n) is 7.12. The van der Waals surface area contributed by atoms with E-state index in [-0.39, 0.29) is 9.92 Å². The summed E-state index contributed by atoms with van der Waals surface area (Å²) < 4.78 is 28.6. The standard InChI is InChI=1S/C20H25ClN3O3S2/c1-3-24(12-11-16-7-5-4-6-8-16)15-28-14-20(24,25)17-9-10-18(21)19(13-17)29(26,27)23-22-2/h4-10,13,25H,3,11-12,14-15H2,1-2H3/q+1. The summed E-state index contributed by atoms with van der Waals surface area (Å²) in [4.78, 5) is -0.134. The molecule has 1 N–H and O–H groups in total. The zero-order valence-corrected chi connectivity index (χ0v) is 18.8. The molecule has 0 radical (unpaired) electrons. The molecule has 2 atom stereocenters. The highest BCUT2D eigenvalue weighted by molar-refractivity contribution is 7.99. The molecule has 2 unspecified atom stereocenters. The predicted molar refractivity (Wildman–Crippen MR) is 116 cm³/mol. The molecule has 6 nitrogen and oxygen atoms in total. The third kappa shape index (κ3) is 4.22. The van der Waals surface area contributed by atoms with Crippen LogP contribution in [-0.2, 0) is 22.2 Å². The fraction of sp³-hybridized carbons (Fsp3) is 0.400. The Morgan fingerprint density at radius 3 is 2.62 bits per heavy atom. The van der Waals surface area contributed by atoms with E-state index in [0.717, 1.165) is 25.4 Å². The van der Waals surface area contributed by atoms with Gasteiger partial charge in [-0.05, 0) is 30.7 Å². The van der Waals surface area contributed by atoms with E-state index in [1.54, 1.807) is 17.8 Å². The molecule has 1 saturated heterocycles. The monoisotopic (exact) mass is 454 g/mol. The van der Waals surface area contributed by atoms with Crippen LogP contribution in [0.25, 0.3) is 0 Å². The van der Waals surface area contributed by atoms with Crippen molar-refractivity contribution in [3.63, 3.8) is 0 Å². The number of hydrogen-bond donors (Lipinski definition) is 1.